The third-order valence-corrected chi connectivity index (χ3v) is 9.57. The predicted octanol–water partition coefficient (Wildman–Crippen LogP) is -7.42. The quantitative estimate of drug-likeness (QED) is 0.0425. The molecule has 2 saturated heterocycles. The van der Waals surface area contributed by atoms with Gasteiger partial charge < -0.3 is 93.4 Å². The molecular weight excluding hydrogens is 792 g/mol. The highest BCUT2D eigenvalue weighted by atomic mass is 16.7. The fourth-order valence-corrected chi connectivity index (χ4v) is 6.12. The largest absolute Gasteiger partial charge is 0.480 e. The van der Waals surface area contributed by atoms with Crippen molar-refractivity contribution in [2.24, 2.45) is 17.2 Å². The van der Waals surface area contributed by atoms with Crippen LogP contribution < -0.4 is 43.8 Å². The lowest BCUT2D eigenvalue weighted by Crippen LogP contribution is -2.69. The average Bonchev–Trinajstić information content (AvgIpc) is 3.17. The number of rotatable bonds is 23. The Bertz CT molecular complexity index is 1450. The van der Waals surface area contributed by atoms with Gasteiger partial charge in [0.05, 0.1) is 19.3 Å². The first kappa shape index (κ1) is 51.0. The van der Waals surface area contributed by atoms with Crippen LogP contribution in [0, 0.1) is 0 Å². The Morgan fingerprint density at radius 3 is 1.95 bits per heavy atom. The third kappa shape index (κ3) is 15.1. The summed E-state index contributed by atoms with van der Waals surface area (Å²) in [6.07, 6.45) is -13.6. The number of aliphatic hydroxyl groups excluding tert-OH is 5. The molecule has 15 atom stereocenters. The number of primary amides is 1. The second kappa shape index (κ2) is 24.2. The molecule has 6 amide bonds. The van der Waals surface area contributed by atoms with Crippen molar-refractivity contribution in [3.05, 3.63) is 0 Å². The highest BCUT2D eigenvalue weighted by Gasteiger charge is 2.52. The zero-order chi connectivity index (χ0) is 44.7. The maximum Gasteiger partial charge on any atom is 0.325 e. The number of ether oxygens (including phenoxy) is 4. The van der Waals surface area contributed by atoms with E-state index < -0.39 is 153 Å². The van der Waals surface area contributed by atoms with Crippen molar-refractivity contribution in [2.75, 3.05) is 19.8 Å². The van der Waals surface area contributed by atoms with E-state index in [4.69, 9.17) is 41.3 Å². The third-order valence-electron chi connectivity index (χ3n) is 9.57. The van der Waals surface area contributed by atoms with E-state index in [1.165, 1.54) is 20.8 Å². The van der Waals surface area contributed by atoms with Crippen LogP contribution in [0.3, 0.4) is 0 Å². The van der Waals surface area contributed by atoms with E-state index in [1.54, 1.807) is 0 Å². The monoisotopic (exact) mass is 852 g/mol. The molecule has 2 heterocycles. The second-order valence-corrected chi connectivity index (χ2v) is 14.3. The molecule has 338 valence electrons. The van der Waals surface area contributed by atoms with Crippen molar-refractivity contribution in [2.45, 2.75) is 151 Å². The molecule has 0 saturated carbocycles. The molecule has 2 fully saturated rings. The van der Waals surface area contributed by atoms with Crippen LogP contribution in [0.25, 0.3) is 0 Å². The smallest absolute Gasteiger partial charge is 0.325 e. The van der Waals surface area contributed by atoms with E-state index >= 15 is 0 Å². The van der Waals surface area contributed by atoms with Gasteiger partial charge >= 0.3 is 5.97 Å². The molecule has 0 aromatic heterocycles. The van der Waals surface area contributed by atoms with E-state index in [1.807, 2.05) is 0 Å². The number of aliphatic carboxylic acids is 1. The predicted molar refractivity (Wildman–Crippen MR) is 199 cm³/mol. The van der Waals surface area contributed by atoms with E-state index in [2.05, 4.69) is 26.6 Å². The fourth-order valence-electron chi connectivity index (χ4n) is 6.12. The van der Waals surface area contributed by atoms with E-state index in [-0.39, 0.29) is 12.8 Å². The Labute approximate surface area is 339 Å². The maximum absolute atomic E-state index is 13.3. The molecule has 2 aliphatic rings. The first-order valence-corrected chi connectivity index (χ1v) is 19.0. The van der Waals surface area contributed by atoms with Crippen molar-refractivity contribution in [1.82, 2.24) is 26.6 Å². The fraction of sp³-hybridized carbons (Fsp3) is 0.794. The normalized spacial score (nSPS) is 29.4. The van der Waals surface area contributed by atoms with Crippen LogP contribution in [0.1, 0.15) is 59.8 Å². The van der Waals surface area contributed by atoms with Gasteiger partial charge in [-0.2, -0.15) is 0 Å². The number of nitrogens with two attached hydrogens (primary N) is 3. The Kier molecular flexibility index (Phi) is 20.9. The number of carboxylic acid groups (broad SMARTS) is 1. The molecule has 2 rings (SSSR count). The van der Waals surface area contributed by atoms with Crippen LogP contribution in [-0.4, -0.2) is 183 Å². The second-order valence-electron chi connectivity index (χ2n) is 14.3. The summed E-state index contributed by atoms with van der Waals surface area (Å²) in [4.78, 5) is 87.2. The minimum absolute atomic E-state index is 0.140. The van der Waals surface area contributed by atoms with E-state index in [0.29, 0.717) is 19.4 Å². The summed E-state index contributed by atoms with van der Waals surface area (Å²) in [6, 6.07) is -8.01. The lowest BCUT2D eigenvalue weighted by molar-refractivity contribution is -0.331. The standard InChI is InChI=1S/C34H60N8O17/c1-13(29(50)42-17(28(37)49)8-9-21(46)41-18(7-5-6-10-35)31(52)39-14(2)32(53)54)38-30(51)15(3)56-27-22(36)33(55)57-20(12-44)26(27)59-34-23(40-16(4)45)25(48)24(47)19(11-43)58-34/h13-15,17-20,22-27,33-34,43-44,47-48,55H,5-12,35-36H2,1-4H3,(H2,37,49)(H,38,51)(H,39,52)(H,40,45)(H,41,46)(H,42,50)(H,53,54). The average molecular weight is 853 g/mol. The van der Waals surface area contributed by atoms with Gasteiger partial charge in [-0.05, 0) is 53.0 Å². The molecule has 0 radical (unpaired) electrons. The maximum atomic E-state index is 13.3. The van der Waals surface area contributed by atoms with Crippen molar-refractivity contribution in [1.29, 1.82) is 0 Å². The van der Waals surface area contributed by atoms with Gasteiger partial charge in [-0.25, -0.2) is 0 Å². The van der Waals surface area contributed by atoms with Crippen LogP contribution >= 0.6 is 0 Å². The Balaban J connectivity index is 2.11. The Morgan fingerprint density at radius 1 is 0.763 bits per heavy atom. The van der Waals surface area contributed by atoms with Crippen molar-refractivity contribution >= 4 is 41.4 Å². The highest BCUT2D eigenvalue weighted by Crippen LogP contribution is 2.30. The Morgan fingerprint density at radius 2 is 1.39 bits per heavy atom. The summed E-state index contributed by atoms with van der Waals surface area (Å²) in [5, 5.41) is 72.3. The molecule has 17 N–H and O–H groups in total. The molecule has 0 aromatic carbocycles. The van der Waals surface area contributed by atoms with E-state index in [9.17, 15) is 59.1 Å². The molecule has 25 heteroatoms. The zero-order valence-corrected chi connectivity index (χ0v) is 33.2. The van der Waals surface area contributed by atoms with Gasteiger partial charge in [0.15, 0.2) is 12.6 Å². The number of hydrogen-bond donors (Lipinski definition) is 14. The topological polar surface area (TPSA) is 416 Å². The lowest BCUT2D eigenvalue weighted by Gasteiger charge is -2.48. The summed E-state index contributed by atoms with van der Waals surface area (Å²) in [5.41, 5.74) is 17.1. The van der Waals surface area contributed by atoms with Gasteiger partial charge in [-0.1, -0.05) is 0 Å². The van der Waals surface area contributed by atoms with Gasteiger partial charge in [-0.3, -0.25) is 33.6 Å². The zero-order valence-electron chi connectivity index (χ0n) is 33.2. The SMILES string of the molecule is CC(=O)NC1C(OC2C(CO)OC(O)C(N)C2OC(C)C(=O)NC(C)C(=O)NC(CCC(=O)NC(CCCCN)C(=O)NC(C)C(=O)O)C(N)=O)OC(CO)C(O)C1O. The molecular formula is C34H60N8O17. The van der Waals surface area contributed by atoms with Crippen molar-refractivity contribution in [3.8, 4) is 0 Å². The van der Waals surface area contributed by atoms with Gasteiger partial charge in [0, 0.05) is 13.3 Å². The highest BCUT2D eigenvalue weighted by molar-refractivity contribution is 5.93. The first-order valence-electron chi connectivity index (χ1n) is 19.0. The number of amides is 6. The summed E-state index contributed by atoms with van der Waals surface area (Å²) < 4.78 is 22.8. The molecule has 25 nitrogen and oxygen atoms in total. The van der Waals surface area contributed by atoms with Gasteiger partial charge in [0.25, 0.3) is 0 Å². The molecule has 59 heavy (non-hydrogen) atoms. The molecule has 0 aliphatic carbocycles. The number of nitrogens with one attached hydrogen (secondary N) is 5. The molecule has 0 bridgehead atoms. The summed E-state index contributed by atoms with van der Waals surface area (Å²) in [5.74, 6) is -6.26. The number of carboxylic acids is 1. The number of hydrogen-bond acceptors (Lipinski definition) is 18. The minimum Gasteiger partial charge on any atom is -0.480 e. The Hall–Kier alpha value is -4.15. The summed E-state index contributed by atoms with van der Waals surface area (Å²) >= 11 is 0. The molecule has 0 aromatic rings. The van der Waals surface area contributed by atoms with Crippen LogP contribution in [0.15, 0.2) is 0 Å². The van der Waals surface area contributed by atoms with Crippen LogP contribution in [-0.2, 0) is 52.5 Å². The molecule has 15 unspecified atom stereocenters. The number of carbonyl (C=O) groups is 7. The summed E-state index contributed by atoms with van der Waals surface area (Å²) in [6.45, 7) is 3.59. The van der Waals surface area contributed by atoms with Crippen LogP contribution in [0.5, 0.6) is 0 Å². The number of carbonyl (C=O) groups excluding carboxylic acids is 6. The number of aliphatic hydroxyl groups is 5. The van der Waals surface area contributed by atoms with Crippen molar-refractivity contribution < 1.29 is 83.1 Å². The van der Waals surface area contributed by atoms with Crippen LogP contribution in [0.2, 0.25) is 0 Å². The molecule has 2 aliphatic heterocycles. The van der Waals surface area contributed by atoms with Crippen molar-refractivity contribution in [3.63, 3.8) is 0 Å². The molecule has 0 spiro atoms. The summed E-state index contributed by atoms with van der Waals surface area (Å²) in [7, 11) is 0. The number of unbranched alkanes of at least 4 members (excludes halogenated alkanes) is 1. The van der Waals surface area contributed by atoms with Gasteiger partial charge in [0.1, 0.15) is 72.9 Å². The first-order chi connectivity index (χ1) is 27.7. The van der Waals surface area contributed by atoms with E-state index in [0.717, 1.165) is 6.92 Å². The van der Waals surface area contributed by atoms with Gasteiger partial charge in [0.2, 0.25) is 35.4 Å². The van der Waals surface area contributed by atoms with Crippen LogP contribution in [0.4, 0.5) is 0 Å². The van der Waals surface area contributed by atoms with Gasteiger partial charge in [-0.15, -0.1) is 0 Å². The lowest BCUT2D eigenvalue weighted by atomic mass is 9.94. The minimum atomic E-state index is -1.76.